The molecule has 0 radical (unpaired) electrons. The molecule has 0 saturated carbocycles. The SMILES string of the molecule is COc1ccc(C(=O)CCC(=O)NC[C@H]2CCOC2)cc1. The first kappa shape index (κ1) is 15.5. The largest absolute Gasteiger partial charge is 0.497 e. The molecular weight excluding hydrogens is 270 g/mol. The van der Waals surface area contributed by atoms with E-state index < -0.39 is 0 Å². The summed E-state index contributed by atoms with van der Waals surface area (Å²) in [6, 6.07) is 6.92. The Morgan fingerprint density at radius 3 is 2.67 bits per heavy atom. The van der Waals surface area contributed by atoms with Crippen molar-refractivity contribution in [2.45, 2.75) is 19.3 Å². The number of carbonyl (C=O) groups is 2. The van der Waals surface area contributed by atoms with Crippen molar-refractivity contribution in [3.63, 3.8) is 0 Å². The standard InChI is InChI=1S/C16H21NO4/c1-20-14-4-2-13(3-5-14)15(18)6-7-16(19)17-10-12-8-9-21-11-12/h2-5,12H,6-11H2,1H3,(H,17,19)/t12-/m1/s1. The fraction of sp³-hybridized carbons (Fsp3) is 0.500. The molecule has 1 saturated heterocycles. The third-order valence-corrected chi connectivity index (χ3v) is 3.60. The summed E-state index contributed by atoms with van der Waals surface area (Å²) in [5.41, 5.74) is 0.604. The van der Waals surface area contributed by atoms with Gasteiger partial charge in [0.1, 0.15) is 5.75 Å². The molecule has 21 heavy (non-hydrogen) atoms. The molecular formula is C16H21NO4. The summed E-state index contributed by atoms with van der Waals surface area (Å²) in [5.74, 6) is 1.01. The molecule has 1 aliphatic heterocycles. The summed E-state index contributed by atoms with van der Waals surface area (Å²) in [5, 5.41) is 2.86. The molecule has 0 bridgehead atoms. The lowest BCUT2D eigenvalue weighted by molar-refractivity contribution is -0.121. The Morgan fingerprint density at radius 2 is 2.05 bits per heavy atom. The van der Waals surface area contributed by atoms with E-state index in [2.05, 4.69) is 5.32 Å². The monoisotopic (exact) mass is 291 g/mol. The molecule has 1 fully saturated rings. The number of Topliss-reactive ketones (excluding diaryl/α,β-unsaturated/α-hetero) is 1. The van der Waals surface area contributed by atoms with E-state index in [0.29, 0.717) is 30.4 Å². The van der Waals surface area contributed by atoms with Crippen LogP contribution in [0.1, 0.15) is 29.6 Å². The molecule has 1 N–H and O–H groups in total. The Bertz CT molecular complexity index is 478. The lowest BCUT2D eigenvalue weighted by Gasteiger charge is -2.09. The van der Waals surface area contributed by atoms with Crippen LogP contribution in [-0.4, -0.2) is 38.6 Å². The maximum atomic E-state index is 12.0. The van der Waals surface area contributed by atoms with E-state index in [1.807, 2.05) is 0 Å². The van der Waals surface area contributed by atoms with Crippen LogP contribution in [0.2, 0.25) is 0 Å². The van der Waals surface area contributed by atoms with Crippen molar-refractivity contribution >= 4 is 11.7 Å². The van der Waals surface area contributed by atoms with Crippen LogP contribution in [0, 0.1) is 5.92 Å². The highest BCUT2D eigenvalue weighted by molar-refractivity contribution is 5.98. The number of benzene rings is 1. The van der Waals surface area contributed by atoms with Gasteiger partial charge in [-0.3, -0.25) is 9.59 Å². The van der Waals surface area contributed by atoms with E-state index in [1.165, 1.54) is 0 Å². The van der Waals surface area contributed by atoms with E-state index in [-0.39, 0.29) is 24.5 Å². The highest BCUT2D eigenvalue weighted by Crippen LogP contribution is 2.14. The first-order valence-corrected chi connectivity index (χ1v) is 7.20. The molecule has 114 valence electrons. The van der Waals surface area contributed by atoms with Crippen LogP contribution in [0.4, 0.5) is 0 Å². The minimum atomic E-state index is -0.0799. The predicted octanol–water partition coefficient (Wildman–Crippen LogP) is 1.81. The van der Waals surface area contributed by atoms with Gasteiger partial charge in [-0.1, -0.05) is 0 Å². The van der Waals surface area contributed by atoms with Crippen molar-refractivity contribution in [3.05, 3.63) is 29.8 Å². The summed E-state index contributed by atoms with van der Waals surface area (Å²) >= 11 is 0. The molecule has 5 heteroatoms. The van der Waals surface area contributed by atoms with Crippen LogP contribution in [0.5, 0.6) is 5.75 Å². The molecule has 0 aromatic heterocycles. The average Bonchev–Trinajstić information content (AvgIpc) is 3.04. The topological polar surface area (TPSA) is 64.6 Å². The van der Waals surface area contributed by atoms with Crippen molar-refractivity contribution in [1.29, 1.82) is 0 Å². The molecule has 2 rings (SSSR count). The van der Waals surface area contributed by atoms with Gasteiger partial charge in [-0.2, -0.15) is 0 Å². The minimum absolute atomic E-state index is 0.0306. The van der Waals surface area contributed by atoms with Crippen LogP contribution in [0.3, 0.4) is 0 Å². The summed E-state index contributed by atoms with van der Waals surface area (Å²) in [6.45, 7) is 2.12. The van der Waals surface area contributed by atoms with E-state index >= 15 is 0 Å². The number of rotatable bonds is 7. The van der Waals surface area contributed by atoms with E-state index in [4.69, 9.17) is 9.47 Å². The Kier molecular flexibility index (Phi) is 5.75. The smallest absolute Gasteiger partial charge is 0.220 e. The van der Waals surface area contributed by atoms with Gasteiger partial charge in [0.25, 0.3) is 0 Å². The molecule has 0 aliphatic carbocycles. The lowest BCUT2D eigenvalue weighted by Crippen LogP contribution is -2.29. The Hall–Kier alpha value is -1.88. The maximum Gasteiger partial charge on any atom is 0.220 e. The zero-order chi connectivity index (χ0) is 15.1. The maximum absolute atomic E-state index is 12.0. The first-order chi connectivity index (χ1) is 10.2. The van der Waals surface area contributed by atoms with Crippen molar-refractivity contribution < 1.29 is 19.1 Å². The van der Waals surface area contributed by atoms with Crippen LogP contribution >= 0.6 is 0 Å². The highest BCUT2D eigenvalue weighted by atomic mass is 16.5. The molecule has 1 aromatic rings. The van der Waals surface area contributed by atoms with Crippen molar-refractivity contribution in [1.82, 2.24) is 5.32 Å². The van der Waals surface area contributed by atoms with Gasteiger partial charge in [0.2, 0.25) is 5.91 Å². The molecule has 1 atom stereocenters. The number of amides is 1. The number of hydrogen-bond donors (Lipinski definition) is 1. The molecule has 1 heterocycles. The zero-order valence-corrected chi connectivity index (χ0v) is 12.3. The average molecular weight is 291 g/mol. The number of nitrogens with one attached hydrogen (secondary N) is 1. The number of hydrogen-bond acceptors (Lipinski definition) is 4. The van der Waals surface area contributed by atoms with Gasteiger partial charge in [-0.25, -0.2) is 0 Å². The summed E-state index contributed by atoms with van der Waals surface area (Å²) in [6.07, 6.45) is 1.43. The number of ether oxygens (including phenoxy) is 2. The third kappa shape index (κ3) is 4.86. The molecule has 1 aromatic carbocycles. The second-order valence-electron chi connectivity index (χ2n) is 5.19. The van der Waals surface area contributed by atoms with Gasteiger partial charge >= 0.3 is 0 Å². The predicted molar refractivity (Wildman–Crippen MR) is 78.5 cm³/mol. The number of ketones is 1. The second kappa shape index (κ2) is 7.78. The second-order valence-corrected chi connectivity index (χ2v) is 5.19. The minimum Gasteiger partial charge on any atom is -0.497 e. The summed E-state index contributed by atoms with van der Waals surface area (Å²) in [7, 11) is 1.58. The fourth-order valence-electron chi connectivity index (χ4n) is 2.24. The molecule has 5 nitrogen and oxygen atoms in total. The van der Waals surface area contributed by atoms with Crippen molar-refractivity contribution in [3.8, 4) is 5.75 Å². The lowest BCUT2D eigenvalue weighted by atomic mass is 10.1. The first-order valence-electron chi connectivity index (χ1n) is 7.20. The van der Waals surface area contributed by atoms with Gasteiger partial charge in [0.15, 0.2) is 5.78 Å². The molecule has 1 aliphatic rings. The van der Waals surface area contributed by atoms with Gasteiger partial charge in [0, 0.05) is 37.5 Å². The number of carbonyl (C=O) groups excluding carboxylic acids is 2. The normalized spacial score (nSPS) is 17.5. The molecule has 0 spiro atoms. The van der Waals surface area contributed by atoms with Crippen LogP contribution < -0.4 is 10.1 Å². The number of methoxy groups -OCH3 is 1. The third-order valence-electron chi connectivity index (χ3n) is 3.60. The highest BCUT2D eigenvalue weighted by Gasteiger charge is 2.16. The Labute approximate surface area is 124 Å². The van der Waals surface area contributed by atoms with Crippen LogP contribution in [0.15, 0.2) is 24.3 Å². The molecule has 0 unspecified atom stereocenters. The van der Waals surface area contributed by atoms with E-state index in [1.54, 1.807) is 31.4 Å². The van der Waals surface area contributed by atoms with Gasteiger partial charge in [0.05, 0.1) is 13.7 Å². The summed E-state index contributed by atoms with van der Waals surface area (Å²) in [4.78, 5) is 23.7. The van der Waals surface area contributed by atoms with E-state index in [9.17, 15) is 9.59 Å². The van der Waals surface area contributed by atoms with Crippen LogP contribution in [0.25, 0.3) is 0 Å². The van der Waals surface area contributed by atoms with Gasteiger partial charge < -0.3 is 14.8 Å². The van der Waals surface area contributed by atoms with Crippen molar-refractivity contribution in [2.75, 3.05) is 26.9 Å². The fourth-order valence-corrected chi connectivity index (χ4v) is 2.24. The zero-order valence-electron chi connectivity index (χ0n) is 12.3. The Balaban J connectivity index is 1.70. The van der Waals surface area contributed by atoms with Crippen molar-refractivity contribution in [2.24, 2.45) is 5.92 Å². The van der Waals surface area contributed by atoms with Gasteiger partial charge in [-0.05, 0) is 30.7 Å². The quantitative estimate of drug-likeness (QED) is 0.778. The summed E-state index contributed by atoms with van der Waals surface area (Å²) < 4.78 is 10.3. The molecule has 1 amide bonds. The van der Waals surface area contributed by atoms with E-state index in [0.717, 1.165) is 13.0 Å². The van der Waals surface area contributed by atoms with Crippen LogP contribution in [-0.2, 0) is 9.53 Å². The van der Waals surface area contributed by atoms with Gasteiger partial charge in [-0.15, -0.1) is 0 Å². The Morgan fingerprint density at radius 1 is 1.29 bits per heavy atom.